The number of piperidine rings is 1. The van der Waals surface area contributed by atoms with Gasteiger partial charge in [-0.05, 0) is 88.5 Å². The van der Waals surface area contributed by atoms with Gasteiger partial charge in [0, 0.05) is 18.6 Å². The largest absolute Gasteiger partial charge is 0.573 e. The van der Waals surface area contributed by atoms with Crippen LogP contribution in [-0.4, -0.2) is 50.0 Å². The number of likely N-dealkylation sites (tertiary alicyclic amines) is 1. The van der Waals surface area contributed by atoms with Crippen LogP contribution in [0.15, 0.2) is 29.2 Å². The number of sulfonamides is 1. The van der Waals surface area contributed by atoms with Gasteiger partial charge in [-0.15, -0.1) is 13.2 Å². The number of hydrogen-bond donors (Lipinski definition) is 1. The van der Waals surface area contributed by atoms with Gasteiger partial charge < -0.3 is 14.4 Å². The average Bonchev–Trinajstić information content (AvgIpc) is 2.56. The number of carbonyl (C=O) groups excluding carboxylic acids is 1. The third-order valence-corrected chi connectivity index (χ3v) is 8.57. The van der Waals surface area contributed by atoms with Crippen molar-refractivity contribution in [3.8, 4) is 5.75 Å². The number of nitrogens with zero attached hydrogens (tertiary/aromatic N) is 1. The van der Waals surface area contributed by atoms with Gasteiger partial charge in [0.05, 0.1) is 4.90 Å². The molecule has 0 atom stereocenters. The molecule has 3 saturated carbocycles. The molecule has 1 N–H and O–H groups in total. The smallest absolute Gasteiger partial charge is 0.444 e. The minimum atomic E-state index is -4.85. The van der Waals surface area contributed by atoms with Crippen LogP contribution in [0.4, 0.5) is 18.0 Å². The Hall–Kier alpha value is -2.01. The van der Waals surface area contributed by atoms with Gasteiger partial charge in [-0.3, -0.25) is 0 Å². The first-order valence-electron chi connectivity index (χ1n) is 11.0. The van der Waals surface area contributed by atoms with E-state index in [0.717, 1.165) is 43.5 Å². The Balaban J connectivity index is 1.50. The lowest BCUT2D eigenvalue weighted by Gasteiger charge is -2.71. The summed E-state index contributed by atoms with van der Waals surface area (Å²) in [6, 6.07) is 4.19. The number of hydrogen-bond acceptors (Lipinski definition) is 5. The number of carbonyl (C=O) groups is 1. The molecule has 11 heteroatoms. The maximum absolute atomic E-state index is 13.2. The molecule has 0 spiro atoms. The lowest BCUT2D eigenvalue weighted by Crippen LogP contribution is -2.73. The highest BCUT2D eigenvalue weighted by Crippen LogP contribution is 2.71. The second kappa shape index (κ2) is 7.76. The van der Waals surface area contributed by atoms with Crippen molar-refractivity contribution in [3.63, 3.8) is 0 Å². The molecular formula is C22H29F3N2O5S. The van der Waals surface area contributed by atoms with Crippen molar-refractivity contribution in [3.05, 3.63) is 24.3 Å². The molecule has 2 bridgehead atoms. The van der Waals surface area contributed by atoms with Crippen LogP contribution < -0.4 is 9.46 Å². The Bertz CT molecular complexity index is 993. The van der Waals surface area contributed by atoms with Crippen molar-refractivity contribution < 1.29 is 35.9 Å². The fourth-order valence-electron chi connectivity index (χ4n) is 5.34. The van der Waals surface area contributed by atoms with E-state index in [2.05, 4.69) is 9.46 Å². The van der Waals surface area contributed by atoms with Crippen molar-refractivity contribution in [2.45, 2.75) is 75.3 Å². The van der Waals surface area contributed by atoms with Crippen LogP contribution in [0, 0.1) is 11.3 Å². The first kappa shape index (κ1) is 24.1. The highest BCUT2D eigenvalue weighted by molar-refractivity contribution is 7.89. The van der Waals surface area contributed by atoms with Crippen LogP contribution in [0.2, 0.25) is 0 Å². The van der Waals surface area contributed by atoms with Crippen LogP contribution in [0.25, 0.3) is 0 Å². The zero-order chi connectivity index (χ0) is 24.3. The first-order chi connectivity index (χ1) is 15.1. The quantitative estimate of drug-likeness (QED) is 0.660. The van der Waals surface area contributed by atoms with Crippen LogP contribution in [-0.2, 0) is 14.8 Å². The van der Waals surface area contributed by atoms with Crippen molar-refractivity contribution in [2.75, 3.05) is 13.1 Å². The predicted octanol–water partition coefficient (Wildman–Crippen LogP) is 4.43. The van der Waals surface area contributed by atoms with Gasteiger partial charge in [0.2, 0.25) is 10.0 Å². The van der Waals surface area contributed by atoms with Crippen molar-refractivity contribution in [1.82, 2.24) is 9.62 Å². The van der Waals surface area contributed by atoms with E-state index in [-0.39, 0.29) is 10.3 Å². The molecule has 0 unspecified atom stereocenters. The highest BCUT2D eigenvalue weighted by atomic mass is 32.2. The molecule has 3 aliphatic carbocycles. The maximum atomic E-state index is 13.2. The molecule has 4 aliphatic rings. The van der Waals surface area contributed by atoms with Gasteiger partial charge in [0.15, 0.2) is 0 Å². The van der Waals surface area contributed by atoms with Crippen LogP contribution in [0.1, 0.15) is 52.9 Å². The van der Waals surface area contributed by atoms with Gasteiger partial charge in [0.25, 0.3) is 0 Å². The molecule has 4 fully saturated rings. The molecule has 1 aromatic rings. The molecule has 1 heterocycles. The minimum Gasteiger partial charge on any atom is -0.444 e. The Kier molecular flexibility index (Phi) is 5.67. The van der Waals surface area contributed by atoms with Crippen LogP contribution in [0.3, 0.4) is 0 Å². The standard InChI is InChI=1S/C22H29F3N2O5S/c1-19(2,3)32-18(28)27-10-8-21(9-11-27,20-12-15(13-20)14-20)26-33(29,30)17-6-4-16(5-7-17)31-22(23,24)25/h4-7,15,26H,8-14H2,1-3H3. The number of alkyl halides is 3. The van der Waals surface area contributed by atoms with E-state index in [1.54, 1.807) is 25.7 Å². The molecule has 0 aromatic heterocycles. The normalized spacial score (nSPS) is 26.7. The summed E-state index contributed by atoms with van der Waals surface area (Å²) in [4.78, 5) is 14.0. The molecule has 0 radical (unpaired) electrons. The van der Waals surface area contributed by atoms with Gasteiger partial charge in [-0.2, -0.15) is 0 Å². The van der Waals surface area contributed by atoms with E-state index in [1.165, 1.54) is 0 Å². The zero-order valence-corrected chi connectivity index (χ0v) is 19.7. The van der Waals surface area contributed by atoms with Crippen LogP contribution in [0.5, 0.6) is 5.75 Å². The summed E-state index contributed by atoms with van der Waals surface area (Å²) in [5.41, 5.74) is -1.46. The summed E-state index contributed by atoms with van der Waals surface area (Å²) in [7, 11) is -4.00. The van der Waals surface area contributed by atoms with E-state index in [0.29, 0.717) is 31.8 Å². The molecule has 1 amide bonds. The Morgan fingerprint density at radius 1 is 1.06 bits per heavy atom. The Labute approximate surface area is 191 Å². The predicted molar refractivity (Wildman–Crippen MR) is 113 cm³/mol. The molecule has 1 saturated heterocycles. The number of halogens is 3. The topological polar surface area (TPSA) is 84.9 Å². The average molecular weight is 491 g/mol. The summed E-state index contributed by atoms with van der Waals surface area (Å²) < 4.78 is 75.9. The highest BCUT2D eigenvalue weighted by Gasteiger charge is 2.68. The van der Waals surface area contributed by atoms with E-state index in [1.807, 2.05) is 0 Å². The van der Waals surface area contributed by atoms with Crippen molar-refractivity contribution in [1.29, 1.82) is 0 Å². The Morgan fingerprint density at radius 2 is 1.61 bits per heavy atom. The van der Waals surface area contributed by atoms with Gasteiger partial charge in [-0.25, -0.2) is 17.9 Å². The lowest BCUT2D eigenvalue weighted by atomic mass is 9.37. The third-order valence-electron chi connectivity index (χ3n) is 7.02. The van der Waals surface area contributed by atoms with Crippen molar-refractivity contribution in [2.24, 2.45) is 11.3 Å². The van der Waals surface area contributed by atoms with Gasteiger partial charge in [0.1, 0.15) is 11.4 Å². The molecular weight excluding hydrogens is 461 g/mol. The van der Waals surface area contributed by atoms with Gasteiger partial charge >= 0.3 is 12.5 Å². The molecule has 1 aromatic carbocycles. The van der Waals surface area contributed by atoms with Gasteiger partial charge in [-0.1, -0.05) is 0 Å². The first-order valence-corrected chi connectivity index (χ1v) is 12.5. The second-order valence-corrected chi connectivity index (χ2v) is 12.1. The van der Waals surface area contributed by atoms with E-state index < -0.39 is 39.4 Å². The summed E-state index contributed by atoms with van der Waals surface area (Å²) in [5, 5.41) is 0. The van der Waals surface area contributed by atoms with Crippen LogP contribution >= 0.6 is 0 Å². The fourth-order valence-corrected chi connectivity index (χ4v) is 6.89. The molecule has 33 heavy (non-hydrogen) atoms. The number of amides is 1. The third kappa shape index (κ3) is 4.80. The molecule has 1 aliphatic heterocycles. The number of rotatable bonds is 5. The van der Waals surface area contributed by atoms with E-state index >= 15 is 0 Å². The summed E-state index contributed by atoms with van der Waals surface area (Å²) in [6.45, 7) is 6.10. The minimum absolute atomic E-state index is 0.127. The Morgan fingerprint density at radius 3 is 2.03 bits per heavy atom. The summed E-state index contributed by atoms with van der Waals surface area (Å²) in [6.07, 6.45) is -1.53. The second-order valence-electron chi connectivity index (χ2n) is 10.4. The monoisotopic (exact) mass is 490 g/mol. The lowest BCUT2D eigenvalue weighted by molar-refractivity contribution is -0.274. The maximum Gasteiger partial charge on any atom is 0.573 e. The summed E-state index contributed by atoms with van der Waals surface area (Å²) >= 11 is 0. The number of nitrogens with one attached hydrogen (secondary N) is 1. The SMILES string of the molecule is CC(C)(C)OC(=O)N1CCC(NS(=O)(=O)c2ccc(OC(F)(F)F)cc2)(C23CC(C2)C3)CC1. The number of ether oxygens (including phenoxy) is 2. The zero-order valence-electron chi connectivity index (χ0n) is 18.9. The van der Waals surface area contributed by atoms with E-state index in [9.17, 15) is 26.4 Å². The summed E-state index contributed by atoms with van der Waals surface area (Å²) in [5.74, 6) is 0.135. The molecule has 5 rings (SSSR count). The number of benzene rings is 1. The molecule has 184 valence electrons. The molecule has 7 nitrogen and oxygen atoms in total. The van der Waals surface area contributed by atoms with E-state index in [4.69, 9.17) is 4.74 Å². The fraction of sp³-hybridized carbons (Fsp3) is 0.682. The van der Waals surface area contributed by atoms with Crippen molar-refractivity contribution >= 4 is 16.1 Å².